The van der Waals surface area contributed by atoms with Gasteiger partial charge in [-0.2, -0.15) is 13.2 Å². The number of rotatable bonds is 1. The Labute approximate surface area is 78.0 Å². The zero-order chi connectivity index (χ0) is 9.19. The quantitative estimate of drug-likeness (QED) is 0.642. The molecule has 0 aromatic heterocycles. The lowest BCUT2D eigenvalue weighted by molar-refractivity contribution is -0.147. The maximum Gasteiger partial charge on any atom is 0.401 e. The summed E-state index contributed by atoms with van der Waals surface area (Å²) in [6.07, 6.45) is -2.41. The smallest absolute Gasteiger partial charge is 0.295 e. The third kappa shape index (κ3) is 3.76. The largest absolute Gasteiger partial charge is 0.401 e. The van der Waals surface area contributed by atoms with Crippen molar-refractivity contribution in [2.24, 2.45) is 0 Å². The van der Waals surface area contributed by atoms with E-state index in [9.17, 15) is 13.2 Å². The Morgan fingerprint density at radius 2 is 1.75 bits per heavy atom. The van der Waals surface area contributed by atoms with Crippen LogP contribution in [0.3, 0.4) is 0 Å². The molecule has 0 aromatic carbocycles. The van der Waals surface area contributed by atoms with Crippen LogP contribution < -0.4 is 0 Å². The average Bonchev–Trinajstić information content (AvgIpc) is 1.91. The van der Waals surface area contributed by atoms with Crippen molar-refractivity contribution >= 4 is 15.9 Å². The fourth-order valence-corrected chi connectivity index (χ4v) is 1.72. The second-order valence-electron chi connectivity index (χ2n) is 3.07. The van der Waals surface area contributed by atoms with Crippen LogP contribution in [0.4, 0.5) is 13.2 Å². The van der Waals surface area contributed by atoms with Gasteiger partial charge < -0.3 is 0 Å². The minimum atomic E-state index is -4.04. The van der Waals surface area contributed by atoms with Crippen molar-refractivity contribution in [2.45, 2.75) is 23.8 Å². The van der Waals surface area contributed by atoms with E-state index in [1.165, 1.54) is 4.90 Å². The standard InChI is InChI=1S/C7H11BrF3N/c8-6-1-3-12(4-2-6)5-7(9,10)11/h6H,1-5H2. The first-order valence-corrected chi connectivity index (χ1v) is 4.82. The zero-order valence-electron chi connectivity index (χ0n) is 6.57. The summed E-state index contributed by atoms with van der Waals surface area (Å²) in [6, 6.07) is 0. The normalized spacial score (nSPS) is 23.0. The van der Waals surface area contributed by atoms with E-state index in [1.807, 2.05) is 0 Å². The van der Waals surface area contributed by atoms with E-state index in [0.717, 1.165) is 12.8 Å². The molecule has 5 heteroatoms. The maximum absolute atomic E-state index is 11.9. The number of hydrogen-bond acceptors (Lipinski definition) is 1. The highest BCUT2D eigenvalue weighted by atomic mass is 79.9. The molecular weight excluding hydrogens is 235 g/mol. The van der Waals surface area contributed by atoms with Gasteiger partial charge >= 0.3 is 6.18 Å². The third-order valence-corrected chi connectivity index (χ3v) is 2.84. The fourth-order valence-electron chi connectivity index (χ4n) is 1.31. The van der Waals surface area contributed by atoms with E-state index in [1.54, 1.807) is 0 Å². The second kappa shape index (κ2) is 3.96. The van der Waals surface area contributed by atoms with E-state index >= 15 is 0 Å². The van der Waals surface area contributed by atoms with Crippen LogP contribution in [-0.4, -0.2) is 35.5 Å². The first-order chi connectivity index (χ1) is 5.47. The van der Waals surface area contributed by atoms with Crippen LogP contribution >= 0.6 is 15.9 Å². The summed E-state index contributed by atoms with van der Waals surface area (Å²) in [7, 11) is 0. The molecule has 1 aliphatic heterocycles. The van der Waals surface area contributed by atoms with E-state index in [-0.39, 0.29) is 0 Å². The molecule has 1 rings (SSSR count). The van der Waals surface area contributed by atoms with Crippen LogP contribution in [0.25, 0.3) is 0 Å². The lowest BCUT2D eigenvalue weighted by Gasteiger charge is -2.29. The molecule has 0 atom stereocenters. The van der Waals surface area contributed by atoms with Crippen molar-refractivity contribution in [3.8, 4) is 0 Å². The van der Waals surface area contributed by atoms with Gasteiger partial charge in [-0.1, -0.05) is 15.9 Å². The molecule has 1 saturated heterocycles. The summed E-state index contributed by atoms with van der Waals surface area (Å²) in [5.41, 5.74) is 0. The Morgan fingerprint density at radius 3 is 2.17 bits per heavy atom. The highest BCUT2D eigenvalue weighted by molar-refractivity contribution is 9.09. The van der Waals surface area contributed by atoms with Crippen molar-refractivity contribution in [1.82, 2.24) is 4.90 Å². The minimum absolute atomic E-state index is 0.405. The summed E-state index contributed by atoms with van der Waals surface area (Å²) in [4.78, 5) is 1.86. The molecule has 1 fully saturated rings. The molecule has 72 valence electrons. The topological polar surface area (TPSA) is 3.24 Å². The Balaban J connectivity index is 2.26. The molecule has 0 aliphatic carbocycles. The first-order valence-electron chi connectivity index (χ1n) is 3.90. The molecule has 1 aliphatic rings. The summed E-state index contributed by atoms with van der Waals surface area (Å²) in [5, 5.41) is 0. The van der Waals surface area contributed by atoms with Gasteiger partial charge in [0.2, 0.25) is 0 Å². The van der Waals surface area contributed by atoms with Crippen LogP contribution in [0.15, 0.2) is 0 Å². The average molecular weight is 246 g/mol. The number of nitrogens with zero attached hydrogens (tertiary/aromatic N) is 1. The van der Waals surface area contributed by atoms with Gasteiger partial charge in [0.1, 0.15) is 0 Å². The van der Waals surface area contributed by atoms with Gasteiger partial charge in [-0.15, -0.1) is 0 Å². The van der Waals surface area contributed by atoms with Crippen LogP contribution in [-0.2, 0) is 0 Å². The predicted molar refractivity (Wildman–Crippen MR) is 44.4 cm³/mol. The minimum Gasteiger partial charge on any atom is -0.295 e. The molecule has 0 aromatic rings. The number of likely N-dealkylation sites (tertiary alicyclic amines) is 1. The second-order valence-corrected chi connectivity index (χ2v) is 4.36. The third-order valence-electron chi connectivity index (χ3n) is 1.92. The number of hydrogen-bond donors (Lipinski definition) is 0. The van der Waals surface area contributed by atoms with Crippen molar-refractivity contribution in [3.63, 3.8) is 0 Å². The monoisotopic (exact) mass is 245 g/mol. The Hall–Kier alpha value is 0.230. The Kier molecular flexibility index (Phi) is 3.40. The molecule has 0 N–H and O–H groups in total. The van der Waals surface area contributed by atoms with Gasteiger partial charge in [0, 0.05) is 4.83 Å². The van der Waals surface area contributed by atoms with E-state index in [4.69, 9.17) is 0 Å². The highest BCUT2D eigenvalue weighted by Gasteiger charge is 2.31. The molecule has 0 bridgehead atoms. The number of alkyl halides is 4. The maximum atomic E-state index is 11.9. The molecule has 1 heterocycles. The summed E-state index contributed by atoms with van der Waals surface area (Å²) in [5.74, 6) is 0. The van der Waals surface area contributed by atoms with Gasteiger partial charge in [0.05, 0.1) is 6.54 Å². The summed E-state index contributed by atoms with van der Waals surface area (Å²) >= 11 is 3.39. The molecule has 0 spiro atoms. The van der Waals surface area contributed by atoms with Gasteiger partial charge in [-0.25, -0.2) is 0 Å². The molecule has 12 heavy (non-hydrogen) atoms. The van der Waals surface area contributed by atoms with Crippen molar-refractivity contribution in [1.29, 1.82) is 0 Å². The van der Waals surface area contributed by atoms with Gasteiger partial charge in [-0.05, 0) is 25.9 Å². The Bertz CT molecular complexity index is 140. The summed E-state index contributed by atoms with van der Waals surface area (Å²) in [6.45, 7) is 0.345. The van der Waals surface area contributed by atoms with Crippen LogP contribution in [0.1, 0.15) is 12.8 Å². The summed E-state index contributed by atoms with van der Waals surface area (Å²) < 4.78 is 35.7. The molecular formula is C7H11BrF3N. The van der Waals surface area contributed by atoms with Crippen LogP contribution in [0.2, 0.25) is 0 Å². The van der Waals surface area contributed by atoms with Crippen molar-refractivity contribution in [2.75, 3.05) is 19.6 Å². The van der Waals surface area contributed by atoms with E-state index < -0.39 is 12.7 Å². The molecule has 0 amide bonds. The van der Waals surface area contributed by atoms with E-state index in [2.05, 4.69) is 15.9 Å². The highest BCUT2D eigenvalue weighted by Crippen LogP contribution is 2.22. The van der Waals surface area contributed by atoms with E-state index in [0.29, 0.717) is 17.9 Å². The molecule has 0 unspecified atom stereocenters. The lowest BCUT2D eigenvalue weighted by Crippen LogP contribution is -2.40. The van der Waals surface area contributed by atoms with Crippen LogP contribution in [0, 0.1) is 0 Å². The van der Waals surface area contributed by atoms with Crippen LogP contribution in [0.5, 0.6) is 0 Å². The van der Waals surface area contributed by atoms with Crippen molar-refractivity contribution in [3.05, 3.63) is 0 Å². The number of piperidine rings is 1. The van der Waals surface area contributed by atoms with Gasteiger partial charge in [0.25, 0.3) is 0 Å². The first kappa shape index (κ1) is 10.3. The molecule has 0 radical (unpaired) electrons. The van der Waals surface area contributed by atoms with Gasteiger partial charge in [-0.3, -0.25) is 4.90 Å². The zero-order valence-corrected chi connectivity index (χ0v) is 8.16. The number of halogens is 4. The molecule has 0 saturated carbocycles. The Morgan fingerprint density at radius 1 is 1.25 bits per heavy atom. The SMILES string of the molecule is FC(F)(F)CN1CCC(Br)CC1. The fraction of sp³-hybridized carbons (Fsp3) is 1.00. The molecule has 1 nitrogen and oxygen atoms in total. The van der Waals surface area contributed by atoms with Gasteiger partial charge in [0.15, 0.2) is 0 Å². The predicted octanol–water partition coefficient (Wildman–Crippen LogP) is 2.41. The lowest BCUT2D eigenvalue weighted by atomic mass is 10.1. The van der Waals surface area contributed by atoms with Crippen molar-refractivity contribution < 1.29 is 13.2 Å².